The van der Waals surface area contributed by atoms with E-state index in [9.17, 15) is 79.2 Å². The molecule has 53 heavy (non-hydrogen) atoms. The van der Waals surface area contributed by atoms with Crippen molar-refractivity contribution in [2.45, 2.75) is 123 Å². The van der Waals surface area contributed by atoms with E-state index in [4.69, 9.17) is 0 Å². The Morgan fingerprint density at radius 2 is 0.453 bits per heavy atom. The fraction of sp³-hybridized carbons (Fsp3) is 0.778. The van der Waals surface area contributed by atoms with Crippen LogP contribution < -0.4 is 0 Å². The van der Waals surface area contributed by atoms with Crippen molar-refractivity contribution in [1.29, 1.82) is 0 Å². The number of aliphatic hydroxyl groups is 8. The minimum absolute atomic E-state index is 0.669. The summed E-state index contributed by atoms with van der Waals surface area (Å²) in [6.45, 7) is 13.8. The van der Waals surface area contributed by atoms with Gasteiger partial charge in [0.1, 0.15) is 0 Å². The van der Waals surface area contributed by atoms with Crippen LogP contribution in [0.1, 0.15) is 109 Å². The predicted molar refractivity (Wildman–Crippen MR) is 183 cm³/mol. The van der Waals surface area contributed by atoms with Crippen LogP contribution in [0, 0.1) is 47.3 Å². The third-order valence-corrected chi connectivity index (χ3v) is 25.6. The van der Waals surface area contributed by atoms with Crippen molar-refractivity contribution in [3.63, 3.8) is 0 Å². The zero-order chi connectivity index (χ0) is 42.6. The Bertz CT molecular complexity index is 1210. The average molecular weight is 840 g/mol. The van der Waals surface area contributed by atoms with Crippen LogP contribution in [0.4, 0.5) is 0 Å². The Kier molecular flexibility index (Phi) is 18.0. The standard InChI is InChI=1S/4C9H15O4.Zr/c4*1-5(2)7(10)4-8(11)6(3)9(12)13;/h4*5-6,12-13H,4H2,1-3H3;. The van der Waals surface area contributed by atoms with Crippen LogP contribution in [-0.2, 0) is 58.6 Å². The molecule has 0 fully saturated rings. The summed E-state index contributed by atoms with van der Waals surface area (Å²) in [7, 11) is 0. The van der Waals surface area contributed by atoms with Gasteiger partial charge in [0, 0.05) is 0 Å². The van der Waals surface area contributed by atoms with Gasteiger partial charge in [0.2, 0.25) is 0 Å². The van der Waals surface area contributed by atoms with Crippen LogP contribution in [0.3, 0.4) is 0 Å². The number of rotatable bonds is 24. The van der Waals surface area contributed by atoms with Crippen molar-refractivity contribution < 1.29 is 99.5 Å². The predicted octanol–water partition coefficient (Wildman–Crippen LogP) is -0.0245. The summed E-state index contributed by atoms with van der Waals surface area (Å²) in [6, 6.07) is 0. The summed E-state index contributed by atoms with van der Waals surface area (Å²) >= 11 is -8.70. The maximum absolute atomic E-state index is 13.6. The zero-order valence-corrected chi connectivity index (χ0v) is 35.2. The number of hydrogen-bond acceptors (Lipinski definition) is 16. The van der Waals surface area contributed by atoms with Gasteiger partial charge in [0.15, 0.2) is 0 Å². The van der Waals surface area contributed by atoms with E-state index in [0.29, 0.717) is 27.7 Å². The van der Waals surface area contributed by atoms with E-state index < -0.39 is 154 Å². The van der Waals surface area contributed by atoms with Crippen LogP contribution in [-0.4, -0.2) is 101 Å². The van der Waals surface area contributed by atoms with E-state index in [2.05, 4.69) is 0 Å². The molecule has 17 heteroatoms. The van der Waals surface area contributed by atoms with Gasteiger partial charge in [0.25, 0.3) is 0 Å². The first kappa shape index (κ1) is 50.9. The summed E-state index contributed by atoms with van der Waals surface area (Å²) in [5.41, 5.74) is 0. The molecule has 0 aromatic rings. The van der Waals surface area contributed by atoms with Gasteiger partial charge in [-0.3, -0.25) is 0 Å². The molecule has 0 aliphatic carbocycles. The van der Waals surface area contributed by atoms with E-state index in [0.717, 1.165) is 0 Å². The van der Waals surface area contributed by atoms with Gasteiger partial charge in [-0.25, -0.2) is 0 Å². The van der Waals surface area contributed by atoms with Gasteiger partial charge in [-0.15, -0.1) is 0 Å². The molecule has 0 rings (SSSR count). The third kappa shape index (κ3) is 10.2. The first-order chi connectivity index (χ1) is 23.6. The van der Waals surface area contributed by atoms with Gasteiger partial charge in [-0.1, -0.05) is 0 Å². The van der Waals surface area contributed by atoms with Crippen LogP contribution in [0.2, 0.25) is 0 Å². The normalized spacial score (nSPS) is 16.6. The fourth-order valence-corrected chi connectivity index (χ4v) is 21.9. The summed E-state index contributed by atoms with van der Waals surface area (Å²) in [4.78, 5) is 105. The van der Waals surface area contributed by atoms with Crippen molar-refractivity contribution in [3.05, 3.63) is 0 Å². The van der Waals surface area contributed by atoms with E-state index >= 15 is 0 Å². The topological polar surface area (TPSA) is 298 Å². The molecule has 8 N–H and O–H groups in total. The third-order valence-electron chi connectivity index (χ3n) is 10.5. The molecule has 0 aromatic carbocycles. The molecule has 0 spiro atoms. The first-order valence-corrected chi connectivity index (χ1v) is 22.6. The molecule has 0 aliphatic heterocycles. The quantitative estimate of drug-likeness (QED) is 0.0468. The number of Topliss-reactive ketones (excluding diaryl/α,β-unsaturated/α-hetero) is 8. The van der Waals surface area contributed by atoms with Crippen LogP contribution in [0.25, 0.3) is 0 Å². The van der Waals surface area contributed by atoms with Gasteiger partial charge in [-0.05, 0) is 0 Å². The fourth-order valence-electron chi connectivity index (χ4n) is 5.94. The molecule has 4 unspecified atom stereocenters. The molecule has 0 heterocycles. The number of carbonyl (C=O) groups is 8. The monoisotopic (exact) mass is 838 g/mol. The molecule has 16 nitrogen and oxygen atoms in total. The Hall–Kier alpha value is -2.08. The van der Waals surface area contributed by atoms with E-state index in [1.165, 1.54) is 55.4 Å². The molecule has 304 valence electrons. The molecule has 4 atom stereocenters. The number of ketones is 8. The van der Waals surface area contributed by atoms with Crippen molar-refractivity contribution in [2.24, 2.45) is 47.3 Å². The Labute approximate surface area is 314 Å². The first-order valence-electron chi connectivity index (χ1n) is 17.6. The van der Waals surface area contributed by atoms with Crippen LogP contribution in [0.15, 0.2) is 0 Å². The van der Waals surface area contributed by atoms with Crippen molar-refractivity contribution in [2.75, 3.05) is 0 Å². The molecular formula is C36H60O16Zr. The summed E-state index contributed by atoms with van der Waals surface area (Å²) in [5.74, 6) is -22.3. The van der Waals surface area contributed by atoms with E-state index in [-0.39, 0.29) is 0 Å². The van der Waals surface area contributed by atoms with E-state index in [1.807, 2.05) is 0 Å². The maximum atomic E-state index is 13.6. The second-order valence-electron chi connectivity index (χ2n) is 15.6. The zero-order valence-electron chi connectivity index (χ0n) is 32.8. The average Bonchev–Trinajstić information content (AvgIpc) is 3.01. The van der Waals surface area contributed by atoms with E-state index in [1.54, 1.807) is 0 Å². The second-order valence-corrected chi connectivity index (χ2v) is 26.5. The Balaban J connectivity index is 8.72. The van der Waals surface area contributed by atoms with Crippen molar-refractivity contribution in [3.8, 4) is 0 Å². The molecule has 0 saturated heterocycles. The molecule has 0 saturated carbocycles. The molecule has 0 bridgehead atoms. The summed E-state index contributed by atoms with van der Waals surface area (Å²) < 4.78 is -17.8. The number of hydrogen-bond donors (Lipinski definition) is 8. The molecule has 0 aromatic heterocycles. The van der Waals surface area contributed by atoms with Gasteiger partial charge in [0.05, 0.1) is 0 Å². The number of carbonyl (C=O) groups excluding carboxylic acids is 8. The van der Waals surface area contributed by atoms with Gasteiger partial charge < -0.3 is 0 Å². The van der Waals surface area contributed by atoms with Crippen molar-refractivity contribution in [1.82, 2.24) is 0 Å². The second kappa shape index (κ2) is 18.7. The van der Waals surface area contributed by atoms with Crippen molar-refractivity contribution >= 4 is 46.3 Å². The van der Waals surface area contributed by atoms with Crippen LogP contribution in [0.5, 0.6) is 0 Å². The summed E-state index contributed by atoms with van der Waals surface area (Å²) in [5, 5.41) is 98.0. The molecule has 0 radical (unpaired) electrons. The van der Waals surface area contributed by atoms with Gasteiger partial charge >= 0.3 is 316 Å². The Morgan fingerprint density at radius 3 is 0.566 bits per heavy atom. The van der Waals surface area contributed by atoms with Crippen LogP contribution >= 0.6 is 0 Å². The Morgan fingerprint density at radius 1 is 0.321 bits per heavy atom. The molecule has 0 aliphatic rings. The summed E-state index contributed by atoms with van der Waals surface area (Å²) in [6.07, 6.45) is -4.30. The SMILES string of the molecule is CC(C)C(=O)CC(=O)C(C)[C](O)(O)[Zr]([C](O)(O)C(C)C(=O)CC(=O)C(C)C)([C](O)(O)C(C)C(=O)CC(=O)C(C)C)[C](O)(O)C(C)C(=O)CC(=O)C(C)C. The minimum atomic E-state index is -8.70. The molecule has 0 amide bonds. The van der Waals surface area contributed by atoms with Gasteiger partial charge in [-0.2, -0.15) is 0 Å². The molecular weight excluding hydrogens is 780 g/mol.